The molecular weight excluding hydrogens is 296 g/mol. The van der Waals surface area contributed by atoms with Gasteiger partial charge < -0.3 is 14.2 Å². The molecule has 0 heterocycles. The minimum absolute atomic E-state index is 0.0294. The lowest BCUT2D eigenvalue weighted by Crippen LogP contribution is -2.36. The molecule has 1 atom stereocenters. The molecule has 0 radical (unpaired) electrons. The van der Waals surface area contributed by atoms with Gasteiger partial charge in [-0.3, -0.25) is 0 Å². The smallest absolute Gasteiger partial charge is 0.340 e. The number of ether oxygens (including phenoxy) is 3. The maximum Gasteiger partial charge on any atom is 0.340 e. The van der Waals surface area contributed by atoms with Crippen LogP contribution in [-0.4, -0.2) is 36.9 Å². The van der Waals surface area contributed by atoms with Crippen molar-refractivity contribution in [2.75, 3.05) is 7.11 Å². The zero-order valence-electron chi connectivity index (χ0n) is 14.9. The van der Waals surface area contributed by atoms with Crippen molar-refractivity contribution in [3.8, 4) is 0 Å². The molecule has 1 aliphatic carbocycles. The lowest BCUT2D eigenvalue weighted by atomic mass is 9.98. The number of hydrogen-bond donors (Lipinski definition) is 0. The molecule has 1 saturated carbocycles. The number of methoxy groups -OCH3 is 1. The summed E-state index contributed by atoms with van der Waals surface area (Å²) in [4.78, 5) is 24.4. The zero-order chi connectivity index (χ0) is 17.5. The maximum atomic E-state index is 12.3. The number of carbonyl (C=O) groups excluding carboxylic acids is 2. The first-order valence-corrected chi connectivity index (χ1v) is 8.40. The Morgan fingerprint density at radius 2 is 1.57 bits per heavy atom. The highest BCUT2D eigenvalue weighted by Gasteiger charge is 2.32. The summed E-state index contributed by atoms with van der Waals surface area (Å²) < 4.78 is 15.9. The highest BCUT2D eigenvalue weighted by molar-refractivity contribution is 5.96. The van der Waals surface area contributed by atoms with Crippen LogP contribution in [0.4, 0.5) is 0 Å². The Kier molecular flexibility index (Phi) is 7.76. The molecule has 0 aliphatic heterocycles. The van der Waals surface area contributed by atoms with Crippen LogP contribution in [0.25, 0.3) is 0 Å². The van der Waals surface area contributed by atoms with Crippen molar-refractivity contribution < 1.29 is 23.8 Å². The van der Waals surface area contributed by atoms with E-state index in [-0.39, 0.29) is 11.7 Å². The monoisotopic (exact) mass is 326 g/mol. The van der Waals surface area contributed by atoms with E-state index in [1.165, 1.54) is 26.4 Å². The number of esters is 2. The van der Waals surface area contributed by atoms with Crippen LogP contribution in [0.1, 0.15) is 65.7 Å². The molecule has 0 aromatic carbocycles. The second-order valence-corrected chi connectivity index (χ2v) is 7.05. The van der Waals surface area contributed by atoms with E-state index in [0.717, 1.165) is 25.7 Å². The molecule has 0 amide bonds. The molecule has 1 fully saturated rings. The van der Waals surface area contributed by atoms with Gasteiger partial charge in [0.05, 0.1) is 5.57 Å². The van der Waals surface area contributed by atoms with Crippen molar-refractivity contribution in [3.63, 3.8) is 0 Å². The molecule has 23 heavy (non-hydrogen) atoms. The van der Waals surface area contributed by atoms with Crippen LogP contribution in [0, 0.1) is 0 Å². The van der Waals surface area contributed by atoms with Crippen LogP contribution < -0.4 is 0 Å². The van der Waals surface area contributed by atoms with Crippen LogP contribution in [0.15, 0.2) is 12.2 Å². The zero-order valence-corrected chi connectivity index (χ0v) is 14.9. The number of hydrogen-bond acceptors (Lipinski definition) is 5. The fourth-order valence-electron chi connectivity index (χ4n) is 2.59. The molecule has 1 aliphatic rings. The first-order chi connectivity index (χ1) is 10.7. The van der Waals surface area contributed by atoms with E-state index in [9.17, 15) is 9.59 Å². The summed E-state index contributed by atoms with van der Waals surface area (Å²) in [5, 5.41) is 0. The normalized spacial score (nSPS) is 18.4. The van der Waals surface area contributed by atoms with Crippen molar-refractivity contribution in [1.82, 2.24) is 0 Å². The van der Waals surface area contributed by atoms with Gasteiger partial charge in [-0.25, -0.2) is 9.59 Å². The summed E-state index contributed by atoms with van der Waals surface area (Å²) in [6, 6.07) is 0. The predicted molar refractivity (Wildman–Crippen MR) is 88.0 cm³/mol. The fourth-order valence-corrected chi connectivity index (χ4v) is 2.59. The van der Waals surface area contributed by atoms with Crippen molar-refractivity contribution in [2.24, 2.45) is 0 Å². The van der Waals surface area contributed by atoms with Crippen LogP contribution >= 0.6 is 0 Å². The SMILES string of the molecule is C=C(C(=O)OC(C)(C)C)C(OC)C(=O)OC1CCCCCCC1. The molecule has 5 heteroatoms. The van der Waals surface area contributed by atoms with Crippen molar-refractivity contribution >= 4 is 11.9 Å². The summed E-state index contributed by atoms with van der Waals surface area (Å²) in [6.07, 6.45) is 6.21. The molecule has 0 aromatic heterocycles. The Hall–Kier alpha value is -1.36. The first-order valence-electron chi connectivity index (χ1n) is 8.40. The average Bonchev–Trinajstić information content (AvgIpc) is 2.40. The third-order valence-corrected chi connectivity index (χ3v) is 3.76. The van der Waals surface area contributed by atoms with Crippen LogP contribution in [0.3, 0.4) is 0 Å². The first kappa shape index (κ1) is 19.7. The molecule has 0 saturated heterocycles. The Bertz CT molecular complexity index is 414. The van der Waals surface area contributed by atoms with E-state index in [1.807, 2.05) is 0 Å². The molecule has 1 unspecified atom stereocenters. The number of rotatable bonds is 5. The second kappa shape index (κ2) is 9.06. The van der Waals surface area contributed by atoms with Crippen LogP contribution in [-0.2, 0) is 23.8 Å². The van der Waals surface area contributed by atoms with E-state index >= 15 is 0 Å². The Labute approximate surface area is 139 Å². The van der Waals surface area contributed by atoms with Gasteiger partial charge >= 0.3 is 11.9 Å². The summed E-state index contributed by atoms with van der Waals surface area (Å²) in [5.41, 5.74) is -0.680. The molecule has 1 rings (SSSR count). The third-order valence-electron chi connectivity index (χ3n) is 3.76. The lowest BCUT2D eigenvalue weighted by molar-refractivity contribution is -0.164. The minimum atomic E-state index is -1.12. The standard InChI is InChI=1S/C18H30O5/c1-13(16(19)23-18(2,3)4)15(21-5)17(20)22-14-11-9-7-6-8-10-12-14/h14-15H,1,6-12H2,2-5H3. The van der Waals surface area contributed by atoms with Crippen molar-refractivity contribution in [3.05, 3.63) is 12.2 Å². The van der Waals surface area contributed by atoms with Gasteiger partial charge in [-0.1, -0.05) is 25.8 Å². The summed E-state index contributed by atoms with van der Waals surface area (Å²) in [5.74, 6) is -1.20. The highest BCUT2D eigenvalue weighted by atomic mass is 16.6. The van der Waals surface area contributed by atoms with Crippen LogP contribution in [0.5, 0.6) is 0 Å². The summed E-state index contributed by atoms with van der Waals surface area (Å²) >= 11 is 0. The van der Waals surface area contributed by atoms with E-state index < -0.39 is 23.6 Å². The highest BCUT2D eigenvalue weighted by Crippen LogP contribution is 2.21. The van der Waals surface area contributed by atoms with Gasteiger partial charge in [-0.15, -0.1) is 0 Å². The van der Waals surface area contributed by atoms with Gasteiger partial charge in [0.15, 0.2) is 6.10 Å². The van der Waals surface area contributed by atoms with Gasteiger partial charge in [0.25, 0.3) is 0 Å². The third kappa shape index (κ3) is 7.16. The van der Waals surface area contributed by atoms with E-state index in [4.69, 9.17) is 14.2 Å². The maximum absolute atomic E-state index is 12.3. The summed E-state index contributed by atoms with van der Waals surface area (Å²) in [6.45, 7) is 8.93. The lowest BCUT2D eigenvalue weighted by Gasteiger charge is -2.25. The average molecular weight is 326 g/mol. The predicted octanol–water partition coefficient (Wildman–Crippen LogP) is 3.56. The van der Waals surface area contributed by atoms with Crippen molar-refractivity contribution in [1.29, 1.82) is 0 Å². The Morgan fingerprint density at radius 1 is 1.04 bits per heavy atom. The van der Waals surface area contributed by atoms with Gasteiger partial charge in [-0.05, 0) is 46.5 Å². The number of carbonyl (C=O) groups is 2. The molecule has 5 nitrogen and oxygen atoms in total. The van der Waals surface area contributed by atoms with Crippen LogP contribution in [0.2, 0.25) is 0 Å². The topological polar surface area (TPSA) is 61.8 Å². The second-order valence-electron chi connectivity index (χ2n) is 7.05. The van der Waals surface area contributed by atoms with Gasteiger partial charge in [0, 0.05) is 7.11 Å². The molecule has 132 valence electrons. The Balaban J connectivity index is 2.62. The quantitative estimate of drug-likeness (QED) is 0.571. The van der Waals surface area contributed by atoms with E-state index in [1.54, 1.807) is 20.8 Å². The largest absolute Gasteiger partial charge is 0.460 e. The molecule has 0 N–H and O–H groups in total. The minimum Gasteiger partial charge on any atom is -0.460 e. The molecule has 0 bridgehead atoms. The van der Waals surface area contributed by atoms with Crippen molar-refractivity contribution in [2.45, 2.75) is 83.5 Å². The van der Waals surface area contributed by atoms with E-state index in [2.05, 4.69) is 6.58 Å². The van der Waals surface area contributed by atoms with Gasteiger partial charge in [0.2, 0.25) is 0 Å². The van der Waals surface area contributed by atoms with Gasteiger partial charge in [-0.2, -0.15) is 0 Å². The molecule has 0 spiro atoms. The van der Waals surface area contributed by atoms with Gasteiger partial charge in [0.1, 0.15) is 11.7 Å². The fraction of sp³-hybridized carbons (Fsp3) is 0.778. The van der Waals surface area contributed by atoms with E-state index in [0.29, 0.717) is 0 Å². The molecular formula is C18H30O5. The Morgan fingerprint density at radius 3 is 2.04 bits per heavy atom. The summed E-state index contributed by atoms with van der Waals surface area (Å²) in [7, 11) is 1.36. The molecule has 0 aromatic rings.